The molecule has 0 aromatic heterocycles. The molecule has 0 radical (unpaired) electrons. The third kappa shape index (κ3) is 7.77. The maximum absolute atomic E-state index is 10.6. The van der Waals surface area contributed by atoms with Crippen LogP contribution in [0.2, 0.25) is 0 Å². The van der Waals surface area contributed by atoms with Gasteiger partial charge in [-0.15, -0.1) is 0 Å². The van der Waals surface area contributed by atoms with Crippen LogP contribution in [0.5, 0.6) is 0 Å². The normalized spacial score (nSPS) is 12.6. The Morgan fingerprint density at radius 2 is 2.00 bits per heavy atom. The maximum atomic E-state index is 10.6. The van der Waals surface area contributed by atoms with Crippen LogP contribution < -0.4 is 29.6 Å². The number of hydrogen-bond donors (Lipinski definition) is 0. The van der Waals surface area contributed by atoms with Gasteiger partial charge in [-0.3, -0.25) is 0 Å². The third-order valence-electron chi connectivity index (χ3n) is 1.86. The van der Waals surface area contributed by atoms with E-state index >= 15 is 0 Å². The molecule has 0 aliphatic rings. The molecule has 6 heteroatoms. The smallest absolute Gasteiger partial charge is 0.748 e. The molecule has 4 nitrogen and oxygen atoms in total. The van der Waals surface area contributed by atoms with E-state index in [-0.39, 0.29) is 36.0 Å². The van der Waals surface area contributed by atoms with Crippen molar-refractivity contribution in [2.24, 2.45) is 0 Å². The minimum atomic E-state index is -4.28. The first-order valence-electron chi connectivity index (χ1n) is 4.34. The summed E-state index contributed by atoms with van der Waals surface area (Å²) in [5, 5.41) is 7.29. The Kier molecular flexibility index (Phi) is 10.4. The molecule has 1 unspecified atom stereocenters. The van der Waals surface area contributed by atoms with Gasteiger partial charge in [-0.2, -0.15) is 5.26 Å². The van der Waals surface area contributed by atoms with Gasteiger partial charge in [0.25, 0.3) is 0 Å². The van der Waals surface area contributed by atoms with Crippen molar-refractivity contribution in [2.45, 2.75) is 44.3 Å². The van der Waals surface area contributed by atoms with E-state index in [1.807, 2.05) is 6.92 Å². The van der Waals surface area contributed by atoms with Gasteiger partial charge in [-0.1, -0.05) is 26.2 Å². The molecule has 0 N–H and O–H groups in total. The molecular formula is C8H14NNaO3S. The van der Waals surface area contributed by atoms with Gasteiger partial charge in [-0.25, -0.2) is 8.42 Å². The third-order valence-corrected chi connectivity index (χ3v) is 3.08. The second kappa shape index (κ2) is 8.69. The van der Waals surface area contributed by atoms with Crippen molar-refractivity contribution in [3.05, 3.63) is 0 Å². The average Bonchev–Trinajstić information content (AvgIpc) is 2.01. The van der Waals surface area contributed by atoms with Gasteiger partial charge in [0.2, 0.25) is 0 Å². The first kappa shape index (κ1) is 16.8. The summed E-state index contributed by atoms with van der Waals surface area (Å²) in [6.45, 7) is 1.99. The first-order valence-corrected chi connectivity index (χ1v) is 5.81. The molecule has 0 heterocycles. The molecule has 0 spiro atoms. The Labute approximate surface area is 108 Å². The molecule has 0 rings (SSSR count). The summed E-state index contributed by atoms with van der Waals surface area (Å²) in [6.07, 6.45) is 2.70. The molecule has 0 aromatic carbocycles. The second-order valence-corrected chi connectivity index (χ2v) is 4.63. The summed E-state index contributed by atoms with van der Waals surface area (Å²) < 4.78 is 31.8. The summed E-state index contributed by atoms with van der Waals surface area (Å²) in [6, 6.07) is 1.72. The number of unbranched alkanes of at least 4 members (excludes halogenated alkanes) is 2. The van der Waals surface area contributed by atoms with Gasteiger partial charge in [0.1, 0.15) is 0 Å². The summed E-state index contributed by atoms with van der Waals surface area (Å²) in [5.74, 6) is 0. The van der Waals surface area contributed by atoms with Gasteiger partial charge in [0.05, 0.1) is 27.9 Å². The topological polar surface area (TPSA) is 81.0 Å². The molecule has 0 aliphatic heterocycles. The van der Waals surface area contributed by atoms with Gasteiger partial charge in [-0.05, 0) is 6.42 Å². The van der Waals surface area contributed by atoms with Gasteiger partial charge in [0.15, 0.2) is 0 Å². The number of nitriles is 1. The zero-order valence-corrected chi connectivity index (χ0v) is 11.5. The van der Waals surface area contributed by atoms with Crippen LogP contribution in [0.25, 0.3) is 0 Å². The van der Waals surface area contributed by atoms with E-state index in [1.54, 1.807) is 6.07 Å². The quantitative estimate of drug-likeness (QED) is 0.311. The standard InChI is InChI=1S/C8H15NO3S.Na/c1-2-3-4-5-8(6-7-9)13(10,11)12;/h8H,2-6H2,1H3,(H,10,11,12);/q;+1/p-1. The minimum Gasteiger partial charge on any atom is -0.748 e. The van der Waals surface area contributed by atoms with Crippen LogP contribution in [0.15, 0.2) is 0 Å². The number of rotatable bonds is 6. The average molecular weight is 227 g/mol. The molecular weight excluding hydrogens is 213 g/mol. The molecule has 76 valence electrons. The fraction of sp³-hybridized carbons (Fsp3) is 0.875. The molecule has 0 fully saturated rings. The van der Waals surface area contributed by atoms with Crippen LogP contribution in [0.4, 0.5) is 0 Å². The van der Waals surface area contributed by atoms with E-state index in [1.165, 1.54) is 0 Å². The Balaban J connectivity index is 0. The fourth-order valence-electron chi connectivity index (χ4n) is 1.07. The van der Waals surface area contributed by atoms with E-state index in [0.717, 1.165) is 12.8 Å². The summed E-state index contributed by atoms with van der Waals surface area (Å²) >= 11 is 0. The maximum Gasteiger partial charge on any atom is 1.00 e. The van der Waals surface area contributed by atoms with Crippen LogP contribution >= 0.6 is 0 Å². The summed E-state index contributed by atoms with van der Waals surface area (Å²) in [7, 11) is -4.28. The SMILES string of the molecule is CCCCCC(CC#N)S(=O)(=O)[O-].[Na+]. The van der Waals surface area contributed by atoms with Crippen molar-refractivity contribution in [2.75, 3.05) is 0 Å². The van der Waals surface area contributed by atoms with Crippen molar-refractivity contribution < 1.29 is 42.5 Å². The molecule has 14 heavy (non-hydrogen) atoms. The van der Waals surface area contributed by atoms with Crippen LogP contribution in [-0.2, 0) is 10.1 Å². The van der Waals surface area contributed by atoms with Crippen LogP contribution in [0, 0.1) is 11.3 Å². The zero-order chi connectivity index (χ0) is 10.3. The van der Waals surface area contributed by atoms with E-state index in [0.29, 0.717) is 12.8 Å². The van der Waals surface area contributed by atoms with Crippen molar-refractivity contribution in [1.82, 2.24) is 0 Å². The van der Waals surface area contributed by atoms with Gasteiger partial charge >= 0.3 is 29.6 Å². The van der Waals surface area contributed by atoms with E-state index < -0.39 is 15.4 Å². The largest absolute Gasteiger partial charge is 1.00 e. The Morgan fingerprint density at radius 3 is 2.36 bits per heavy atom. The van der Waals surface area contributed by atoms with E-state index in [2.05, 4.69) is 0 Å². The predicted octanol–water partition coefficient (Wildman–Crippen LogP) is -1.60. The van der Waals surface area contributed by atoms with E-state index in [9.17, 15) is 13.0 Å². The Morgan fingerprint density at radius 1 is 1.43 bits per heavy atom. The van der Waals surface area contributed by atoms with Crippen molar-refractivity contribution in [1.29, 1.82) is 5.26 Å². The monoisotopic (exact) mass is 227 g/mol. The van der Waals surface area contributed by atoms with Crippen LogP contribution in [0.3, 0.4) is 0 Å². The Bertz CT molecular complexity index is 271. The van der Waals surface area contributed by atoms with Gasteiger partial charge < -0.3 is 4.55 Å². The number of hydrogen-bond acceptors (Lipinski definition) is 4. The molecule has 1 atom stereocenters. The first-order chi connectivity index (χ1) is 6.02. The zero-order valence-electron chi connectivity index (χ0n) is 8.69. The van der Waals surface area contributed by atoms with Crippen LogP contribution in [-0.4, -0.2) is 18.2 Å². The predicted molar refractivity (Wildman–Crippen MR) is 47.9 cm³/mol. The summed E-state index contributed by atoms with van der Waals surface area (Å²) in [4.78, 5) is 0. The molecule has 0 aromatic rings. The van der Waals surface area contributed by atoms with E-state index in [4.69, 9.17) is 5.26 Å². The molecule has 0 saturated carbocycles. The molecule has 0 aliphatic carbocycles. The van der Waals surface area contributed by atoms with Gasteiger partial charge in [0, 0.05) is 0 Å². The van der Waals surface area contributed by atoms with Crippen molar-refractivity contribution >= 4 is 10.1 Å². The second-order valence-electron chi connectivity index (χ2n) is 2.97. The van der Waals surface area contributed by atoms with Crippen molar-refractivity contribution in [3.63, 3.8) is 0 Å². The molecule has 0 saturated heterocycles. The fourth-order valence-corrected chi connectivity index (χ4v) is 1.81. The minimum absolute atomic E-state index is 0. The Hall–Kier alpha value is 0.400. The molecule has 0 bridgehead atoms. The molecule has 0 amide bonds. The summed E-state index contributed by atoms with van der Waals surface area (Å²) in [5.41, 5.74) is 0. The van der Waals surface area contributed by atoms with Crippen LogP contribution in [0.1, 0.15) is 39.0 Å². The van der Waals surface area contributed by atoms with Crippen molar-refractivity contribution in [3.8, 4) is 6.07 Å². The number of nitrogens with zero attached hydrogens (tertiary/aromatic N) is 1.